The van der Waals surface area contributed by atoms with Gasteiger partial charge in [0.2, 0.25) is 0 Å². The average molecular weight is 337 g/mol. The number of hydrogen-bond donors (Lipinski definition) is 0. The molecule has 0 spiro atoms. The van der Waals surface area contributed by atoms with Gasteiger partial charge in [0.1, 0.15) is 5.75 Å². The van der Waals surface area contributed by atoms with E-state index in [4.69, 9.17) is 14.0 Å². The highest BCUT2D eigenvalue weighted by Crippen LogP contribution is 2.30. The van der Waals surface area contributed by atoms with Gasteiger partial charge in [-0.15, -0.1) is 0 Å². The first-order valence-electron chi connectivity index (χ1n) is 8.18. The topological polar surface area (TPSA) is 61.6 Å². The van der Waals surface area contributed by atoms with E-state index in [1.54, 1.807) is 13.0 Å². The van der Waals surface area contributed by atoms with Gasteiger partial charge in [-0.2, -0.15) is 0 Å². The highest BCUT2D eigenvalue weighted by Gasteiger charge is 2.17. The zero-order chi connectivity index (χ0) is 17.5. The Morgan fingerprint density at radius 2 is 1.84 bits per heavy atom. The second-order valence-corrected chi connectivity index (χ2v) is 5.38. The standard InChI is InChI=1S/C20H19NO4/c1-2-23-20(22)17-14-19(25-21-17)16-10-6-7-11-18(16)24-13-12-15-8-4-3-5-9-15/h3-11,14H,2,12-13H2,1H3. The van der Waals surface area contributed by atoms with Gasteiger partial charge >= 0.3 is 5.97 Å². The molecule has 25 heavy (non-hydrogen) atoms. The van der Waals surface area contributed by atoms with Crippen molar-refractivity contribution in [1.29, 1.82) is 0 Å². The van der Waals surface area contributed by atoms with Crippen LogP contribution in [0.15, 0.2) is 65.2 Å². The number of hydrogen-bond acceptors (Lipinski definition) is 5. The second-order valence-electron chi connectivity index (χ2n) is 5.38. The van der Waals surface area contributed by atoms with Gasteiger partial charge in [0.25, 0.3) is 0 Å². The Morgan fingerprint density at radius 3 is 2.64 bits per heavy atom. The first-order valence-corrected chi connectivity index (χ1v) is 8.18. The molecule has 1 aromatic heterocycles. The third-order valence-corrected chi connectivity index (χ3v) is 3.64. The van der Waals surface area contributed by atoms with Gasteiger partial charge in [-0.05, 0) is 24.6 Å². The third-order valence-electron chi connectivity index (χ3n) is 3.64. The second kappa shape index (κ2) is 8.15. The van der Waals surface area contributed by atoms with Crippen molar-refractivity contribution in [2.75, 3.05) is 13.2 Å². The normalized spacial score (nSPS) is 10.4. The fourth-order valence-corrected chi connectivity index (χ4v) is 2.42. The number of ether oxygens (including phenoxy) is 2. The molecule has 0 aliphatic heterocycles. The molecule has 3 rings (SSSR count). The maximum atomic E-state index is 11.7. The molecule has 0 saturated heterocycles. The molecule has 0 unspecified atom stereocenters. The maximum Gasteiger partial charge on any atom is 0.360 e. The zero-order valence-electron chi connectivity index (χ0n) is 14.0. The molecular weight excluding hydrogens is 318 g/mol. The van der Waals surface area contributed by atoms with E-state index >= 15 is 0 Å². The van der Waals surface area contributed by atoms with Crippen LogP contribution in [-0.2, 0) is 11.2 Å². The molecule has 0 aliphatic carbocycles. The van der Waals surface area contributed by atoms with Crippen LogP contribution < -0.4 is 4.74 Å². The maximum absolute atomic E-state index is 11.7. The summed E-state index contributed by atoms with van der Waals surface area (Å²) < 4.78 is 16.1. The Kier molecular flexibility index (Phi) is 5.46. The molecule has 0 bridgehead atoms. The van der Waals surface area contributed by atoms with E-state index in [-0.39, 0.29) is 5.69 Å². The van der Waals surface area contributed by atoms with Crippen LogP contribution in [0.25, 0.3) is 11.3 Å². The molecule has 5 heteroatoms. The number of carbonyl (C=O) groups is 1. The van der Waals surface area contributed by atoms with E-state index in [2.05, 4.69) is 17.3 Å². The number of carbonyl (C=O) groups excluding carboxylic acids is 1. The molecule has 1 heterocycles. The first kappa shape index (κ1) is 16.8. The summed E-state index contributed by atoms with van der Waals surface area (Å²) in [6.07, 6.45) is 0.805. The minimum Gasteiger partial charge on any atom is -0.492 e. The molecule has 0 atom stereocenters. The Morgan fingerprint density at radius 1 is 1.08 bits per heavy atom. The van der Waals surface area contributed by atoms with E-state index in [0.29, 0.717) is 24.7 Å². The lowest BCUT2D eigenvalue weighted by atomic mass is 10.1. The minimum absolute atomic E-state index is 0.149. The summed E-state index contributed by atoms with van der Waals surface area (Å²) in [4.78, 5) is 11.7. The van der Waals surface area contributed by atoms with Crippen molar-refractivity contribution in [3.05, 3.63) is 71.9 Å². The van der Waals surface area contributed by atoms with Crippen LogP contribution in [-0.4, -0.2) is 24.3 Å². The van der Waals surface area contributed by atoms with Crippen LogP contribution in [0, 0.1) is 0 Å². The van der Waals surface area contributed by atoms with Crippen molar-refractivity contribution < 1.29 is 18.8 Å². The third kappa shape index (κ3) is 4.26. The molecule has 5 nitrogen and oxygen atoms in total. The Balaban J connectivity index is 1.71. The van der Waals surface area contributed by atoms with Crippen molar-refractivity contribution in [3.8, 4) is 17.1 Å². The lowest BCUT2D eigenvalue weighted by molar-refractivity contribution is 0.0514. The van der Waals surface area contributed by atoms with Crippen LogP contribution in [0.2, 0.25) is 0 Å². The van der Waals surface area contributed by atoms with Gasteiger partial charge < -0.3 is 14.0 Å². The number of nitrogens with zero attached hydrogens (tertiary/aromatic N) is 1. The van der Waals surface area contributed by atoms with Crippen molar-refractivity contribution in [1.82, 2.24) is 5.16 Å². The summed E-state index contributed by atoms with van der Waals surface area (Å²) in [6, 6.07) is 19.2. The SMILES string of the molecule is CCOC(=O)c1cc(-c2ccccc2OCCc2ccccc2)on1. The molecular formula is C20H19NO4. The first-order chi connectivity index (χ1) is 12.3. The molecule has 0 N–H and O–H groups in total. The number of para-hydroxylation sites is 1. The summed E-state index contributed by atoms with van der Waals surface area (Å²) >= 11 is 0. The number of rotatable bonds is 7. The van der Waals surface area contributed by atoms with E-state index in [1.165, 1.54) is 5.56 Å². The van der Waals surface area contributed by atoms with E-state index in [9.17, 15) is 4.79 Å². The van der Waals surface area contributed by atoms with Gasteiger partial charge in [0.15, 0.2) is 11.5 Å². The molecule has 0 fully saturated rings. The number of benzene rings is 2. The van der Waals surface area contributed by atoms with Crippen LogP contribution in [0.3, 0.4) is 0 Å². The van der Waals surface area contributed by atoms with E-state index in [0.717, 1.165) is 12.0 Å². The monoisotopic (exact) mass is 337 g/mol. The molecule has 3 aromatic rings. The van der Waals surface area contributed by atoms with Crippen molar-refractivity contribution in [3.63, 3.8) is 0 Å². The average Bonchev–Trinajstić information content (AvgIpc) is 3.13. The van der Waals surface area contributed by atoms with Gasteiger partial charge in [-0.25, -0.2) is 4.79 Å². The summed E-state index contributed by atoms with van der Waals surface area (Å²) in [7, 11) is 0. The van der Waals surface area contributed by atoms with Gasteiger partial charge in [0, 0.05) is 12.5 Å². The molecule has 0 radical (unpaired) electrons. The highest BCUT2D eigenvalue weighted by atomic mass is 16.5. The number of esters is 1. The lowest BCUT2D eigenvalue weighted by Crippen LogP contribution is -2.04. The van der Waals surface area contributed by atoms with Crippen LogP contribution in [0.5, 0.6) is 5.75 Å². The van der Waals surface area contributed by atoms with Crippen LogP contribution in [0.1, 0.15) is 23.0 Å². The largest absolute Gasteiger partial charge is 0.492 e. The lowest BCUT2D eigenvalue weighted by Gasteiger charge is -2.09. The Labute approximate surface area is 146 Å². The summed E-state index contributed by atoms with van der Waals surface area (Å²) in [5, 5.41) is 3.77. The predicted octanol–water partition coefficient (Wildman–Crippen LogP) is 4.14. The Hall–Kier alpha value is -3.08. The molecule has 0 aliphatic rings. The highest BCUT2D eigenvalue weighted by molar-refractivity contribution is 5.88. The van der Waals surface area contributed by atoms with Crippen molar-refractivity contribution in [2.24, 2.45) is 0 Å². The van der Waals surface area contributed by atoms with Crippen LogP contribution in [0.4, 0.5) is 0 Å². The van der Waals surface area contributed by atoms with E-state index in [1.807, 2.05) is 42.5 Å². The number of aromatic nitrogens is 1. The van der Waals surface area contributed by atoms with Gasteiger partial charge in [-0.1, -0.05) is 47.6 Å². The quantitative estimate of drug-likeness (QED) is 0.606. The zero-order valence-corrected chi connectivity index (χ0v) is 14.0. The fraction of sp³-hybridized carbons (Fsp3) is 0.200. The molecule has 0 saturated carbocycles. The fourth-order valence-electron chi connectivity index (χ4n) is 2.42. The van der Waals surface area contributed by atoms with Crippen LogP contribution >= 0.6 is 0 Å². The van der Waals surface area contributed by atoms with Gasteiger partial charge in [-0.3, -0.25) is 0 Å². The summed E-state index contributed by atoms with van der Waals surface area (Å²) in [5.74, 6) is 0.656. The Bertz CT molecular complexity index is 826. The summed E-state index contributed by atoms with van der Waals surface area (Å²) in [5.41, 5.74) is 2.11. The molecule has 128 valence electrons. The smallest absolute Gasteiger partial charge is 0.360 e. The predicted molar refractivity (Wildman–Crippen MR) is 93.5 cm³/mol. The van der Waals surface area contributed by atoms with E-state index < -0.39 is 5.97 Å². The molecule has 2 aromatic carbocycles. The minimum atomic E-state index is -0.500. The van der Waals surface area contributed by atoms with Gasteiger partial charge in [0.05, 0.1) is 18.8 Å². The summed E-state index contributed by atoms with van der Waals surface area (Å²) in [6.45, 7) is 2.58. The van der Waals surface area contributed by atoms with Crippen molar-refractivity contribution in [2.45, 2.75) is 13.3 Å². The molecule has 0 amide bonds. The van der Waals surface area contributed by atoms with Crippen molar-refractivity contribution >= 4 is 5.97 Å².